The number of hydrogen-bond donors (Lipinski definition) is 1. The van der Waals surface area contributed by atoms with E-state index in [1.807, 2.05) is 0 Å². The first-order chi connectivity index (χ1) is 7.34. The second-order valence-corrected chi connectivity index (χ2v) is 5.24. The lowest BCUT2D eigenvalue weighted by Crippen LogP contribution is -2.20. The summed E-state index contributed by atoms with van der Waals surface area (Å²) in [5, 5.41) is 0. The summed E-state index contributed by atoms with van der Waals surface area (Å²) >= 11 is 0. The van der Waals surface area contributed by atoms with Crippen LogP contribution in [0.1, 0.15) is 49.1 Å². The van der Waals surface area contributed by atoms with Crippen LogP contribution in [0.15, 0.2) is 24.3 Å². The zero-order chi connectivity index (χ0) is 10.3. The standard InChI is InChI=1S/C14H19N/c15-10-14(7-8-14)13-6-2-5-12(9-13)11-3-1-4-11/h2,5-6,9,11H,1,3-4,7-8,10,15H2. The average Bonchev–Trinajstić information content (AvgIpc) is 2.96. The van der Waals surface area contributed by atoms with Gasteiger partial charge in [-0.2, -0.15) is 0 Å². The highest BCUT2D eigenvalue weighted by Crippen LogP contribution is 2.48. The first-order valence-electron chi connectivity index (χ1n) is 6.15. The van der Waals surface area contributed by atoms with Crippen LogP contribution < -0.4 is 5.73 Å². The monoisotopic (exact) mass is 201 g/mol. The van der Waals surface area contributed by atoms with Crippen molar-refractivity contribution in [3.63, 3.8) is 0 Å². The molecule has 1 heteroatoms. The van der Waals surface area contributed by atoms with Crippen LogP contribution >= 0.6 is 0 Å². The maximum absolute atomic E-state index is 5.87. The topological polar surface area (TPSA) is 26.0 Å². The Balaban J connectivity index is 1.89. The molecule has 0 saturated heterocycles. The molecule has 0 aromatic heterocycles. The van der Waals surface area contributed by atoms with Gasteiger partial charge in [0.2, 0.25) is 0 Å². The molecule has 0 amide bonds. The molecular formula is C14H19N. The van der Waals surface area contributed by atoms with Gasteiger partial charge in [-0.25, -0.2) is 0 Å². The molecule has 2 aliphatic carbocycles. The molecule has 0 bridgehead atoms. The highest BCUT2D eigenvalue weighted by Gasteiger charge is 2.42. The molecular weight excluding hydrogens is 182 g/mol. The van der Waals surface area contributed by atoms with E-state index in [2.05, 4.69) is 24.3 Å². The van der Waals surface area contributed by atoms with E-state index in [0.29, 0.717) is 5.41 Å². The van der Waals surface area contributed by atoms with Crippen LogP contribution in [0.4, 0.5) is 0 Å². The summed E-state index contributed by atoms with van der Waals surface area (Å²) in [7, 11) is 0. The fourth-order valence-electron chi connectivity index (χ4n) is 2.63. The molecule has 80 valence electrons. The quantitative estimate of drug-likeness (QED) is 0.799. The Morgan fingerprint density at radius 3 is 2.60 bits per heavy atom. The van der Waals surface area contributed by atoms with Crippen molar-refractivity contribution < 1.29 is 0 Å². The summed E-state index contributed by atoms with van der Waals surface area (Å²) in [5.74, 6) is 0.846. The Morgan fingerprint density at radius 1 is 1.27 bits per heavy atom. The fraction of sp³-hybridized carbons (Fsp3) is 0.571. The summed E-state index contributed by atoms with van der Waals surface area (Å²) in [6, 6.07) is 9.20. The van der Waals surface area contributed by atoms with Gasteiger partial charge in [0.05, 0.1) is 0 Å². The van der Waals surface area contributed by atoms with Crippen LogP contribution in [0.3, 0.4) is 0 Å². The molecule has 0 atom stereocenters. The van der Waals surface area contributed by atoms with Crippen molar-refractivity contribution in [2.24, 2.45) is 5.73 Å². The lowest BCUT2D eigenvalue weighted by atomic mass is 9.79. The highest BCUT2D eigenvalue weighted by atomic mass is 14.7. The Hall–Kier alpha value is -0.820. The third-order valence-corrected chi connectivity index (χ3v) is 4.32. The van der Waals surface area contributed by atoms with Crippen LogP contribution in [0.2, 0.25) is 0 Å². The molecule has 0 heterocycles. The van der Waals surface area contributed by atoms with Crippen LogP contribution in [-0.2, 0) is 5.41 Å². The van der Waals surface area contributed by atoms with E-state index in [1.165, 1.54) is 37.7 Å². The molecule has 0 aliphatic heterocycles. The van der Waals surface area contributed by atoms with E-state index >= 15 is 0 Å². The number of rotatable bonds is 3. The first-order valence-corrected chi connectivity index (χ1v) is 6.15. The van der Waals surface area contributed by atoms with Crippen LogP contribution in [0.25, 0.3) is 0 Å². The maximum Gasteiger partial charge on any atom is 0.00763 e. The Morgan fingerprint density at radius 2 is 2.07 bits per heavy atom. The summed E-state index contributed by atoms with van der Waals surface area (Å²) < 4.78 is 0. The highest BCUT2D eigenvalue weighted by molar-refractivity contribution is 5.36. The molecule has 15 heavy (non-hydrogen) atoms. The number of benzene rings is 1. The van der Waals surface area contributed by atoms with Gasteiger partial charge in [0, 0.05) is 12.0 Å². The molecule has 0 spiro atoms. The summed E-state index contributed by atoms with van der Waals surface area (Å²) in [6.45, 7) is 0.821. The van der Waals surface area contributed by atoms with Gasteiger partial charge in [0.25, 0.3) is 0 Å². The smallest absolute Gasteiger partial charge is 0.00763 e. The van der Waals surface area contributed by atoms with Gasteiger partial charge < -0.3 is 5.73 Å². The summed E-state index contributed by atoms with van der Waals surface area (Å²) in [4.78, 5) is 0. The Kier molecular flexibility index (Phi) is 2.10. The van der Waals surface area contributed by atoms with Crippen molar-refractivity contribution in [1.29, 1.82) is 0 Å². The predicted octanol–water partition coefficient (Wildman–Crippen LogP) is 2.94. The van der Waals surface area contributed by atoms with Crippen molar-refractivity contribution in [2.75, 3.05) is 6.54 Å². The molecule has 1 aromatic rings. The normalized spacial score (nSPS) is 23.5. The SMILES string of the molecule is NCC1(c2cccc(C3CCC3)c2)CC1. The zero-order valence-electron chi connectivity index (χ0n) is 9.21. The van der Waals surface area contributed by atoms with E-state index < -0.39 is 0 Å². The Labute approximate surface area is 91.7 Å². The maximum atomic E-state index is 5.87. The van der Waals surface area contributed by atoms with Gasteiger partial charge in [0.1, 0.15) is 0 Å². The van der Waals surface area contributed by atoms with Crippen molar-refractivity contribution in [3.8, 4) is 0 Å². The molecule has 2 saturated carbocycles. The molecule has 1 aromatic carbocycles. The first kappa shape index (κ1) is 9.41. The van der Waals surface area contributed by atoms with Gasteiger partial charge in [-0.05, 0) is 42.7 Å². The largest absolute Gasteiger partial charge is 0.330 e. The molecule has 3 rings (SSSR count). The fourth-order valence-corrected chi connectivity index (χ4v) is 2.63. The molecule has 2 fully saturated rings. The van der Waals surface area contributed by atoms with Crippen LogP contribution in [0, 0.1) is 0 Å². The summed E-state index contributed by atoms with van der Waals surface area (Å²) in [5.41, 5.74) is 9.28. The second kappa shape index (κ2) is 3.34. The average molecular weight is 201 g/mol. The zero-order valence-corrected chi connectivity index (χ0v) is 9.21. The number of hydrogen-bond acceptors (Lipinski definition) is 1. The molecule has 0 unspecified atom stereocenters. The minimum absolute atomic E-state index is 0.361. The van der Waals surface area contributed by atoms with E-state index in [-0.39, 0.29) is 0 Å². The lowest BCUT2D eigenvalue weighted by molar-refractivity contribution is 0.419. The van der Waals surface area contributed by atoms with Gasteiger partial charge in [-0.3, -0.25) is 0 Å². The lowest BCUT2D eigenvalue weighted by Gasteiger charge is -2.27. The van der Waals surface area contributed by atoms with E-state index in [4.69, 9.17) is 5.73 Å². The second-order valence-electron chi connectivity index (χ2n) is 5.24. The molecule has 1 nitrogen and oxygen atoms in total. The van der Waals surface area contributed by atoms with Crippen LogP contribution in [-0.4, -0.2) is 6.54 Å². The molecule has 2 N–H and O–H groups in total. The van der Waals surface area contributed by atoms with E-state index in [9.17, 15) is 0 Å². The van der Waals surface area contributed by atoms with Crippen molar-refractivity contribution >= 4 is 0 Å². The minimum Gasteiger partial charge on any atom is -0.330 e. The van der Waals surface area contributed by atoms with Gasteiger partial charge in [-0.15, -0.1) is 0 Å². The third-order valence-electron chi connectivity index (χ3n) is 4.32. The van der Waals surface area contributed by atoms with Gasteiger partial charge in [0.15, 0.2) is 0 Å². The number of nitrogens with two attached hydrogens (primary N) is 1. The van der Waals surface area contributed by atoms with Crippen molar-refractivity contribution in [2.45, 2.75) is 43.4 Å². The Bertz CT molecular complexity index is 361. The minimum atomic E-state index is 0.361. The van der Waals surface area contributed by atoms with Gasteiger partial charge >= 0.3 is 0 Å². The van der Waals surface area contributed by atoms with Gasteiger partial charge in [-0.1, -0.05) is 30.7 Å². The van der Waals surface area contributed by atoms with Crippen molar-refractivity contribution in [3.05, 3.63) is 35.4 Å². The summed E-state index contributed by atoms with van der Waals surface area (Å²) in [6.07, 6.45) is 6.77. The molecule has 0 radical (unpaired) electrons. The van der Waals surface area contributed by atoms with Crippen LogP contribution in [0.5, 0.6) is 0 Å². The van der Waals surface area contributed by atoms with Crippen molar-refractivity contribution in [1.82, 2.24) is 0 Å². The third kappa shape index (κ3) is 1.50. The molecule has 2 aliphatic rings. The van der Waals surface area contributed by atoms with E-state index in [0.717, 1.165) is 12.5 Å². The van der Waals surface area contributed by atoms with E-state index in [1.54, 1.807) is 5.56 Å². The predicted molar refractivity (Wildman–Crippen MR) is 63.0 cm³/mol.